The first-order valence-corrected chi connectivity index (χ1v) is 4.74. The van der Waals surface area contributed by atoms with Crippen molar-refractivity contribution < 1.29 is 14.6 Å². The van der Waals surface area contributed by atoms with Gasteiger partial charge in [0.15, 0.2) is 0 Å². The number of rotatable bonds is 7. The van der Waals surface area contributed by atoms with Gasteiger partial charge in [-0.3, -0.25) is 4.79 Å². The van der Waals surface area contributed by atoms with E-state index >= 15 is 0 Å². The van der Waals surface area contributed by atoms with Crippen molar-refractivity contribution in [3.05, 3.63) is 0 Å². The normalized spacial score (nSPS) is 12.9. The third-order valence-electron chi connectivity index (χ3n) is 1.86. The van der Waals surface area contributed by atoms with E-state index in [0.717, 1.165) is 0 Å². The smallest absolute Gasteiger partial charge is 0.237 e. The van der Waals surface area contributed by atoms with Crippen LogP contribution >= 0.6 is 0 Å². The standard InChI is InChI=1S/C9H20N2O3/c1-7(2)8(9(12)10-3)11-5-6-14-13-4/h7-8,11H,5-6H2,1-4H3,(H,10,12)/t8-/m0/s1. The van der Waals surface area contributed by atoms with Gasteiger partial charge in [-0.25, -0.2) is 9.78 Å². The summed E-state index contributed by atoms with van der Waals surface area (Å²) in [6.45, 7) is 5.00. The SMILES string of the molecule is CNC(=O)[C@@H](NCCOOC)C(C)C. The van der Waals surface area contributed by atoms with Crippen molar-refractivity contribution in [1.82, 2.24) is 10.6 Å². The zero-order valence-electron chi connectivity index (χ0n) is 9.29. The van der Waals surface area contributed by atoms with Crippen molar-refractivity contribution in [1.29, 1.82) is 0 Å². The van der Waals surface area contributed by atoms with Crippen LogP contribution in [0.1, 0.15) is 13.8 Å². The Bertz CT molecular complexity index is 162. The van der Waals surface area contributed by atoms with Crippen LogP contribution in [-0.4, -0.2) is 39.3 Å². The second-order valence-corrected chi connectivity index (χ2v) is 3.28. The number of hydrogen-bond acceptors (Lipinski definition) is 4. The van der Waals surface area contributed by atoms with Gasteiger partial charge in [0.25, 0.3) is 0 Å². The van der Waals surface area contributed by atoms with Crippen molar-refractivity contribution in [2.75, 3.05) is 27.3 Å². The number of carbonyl (C=O) groups excluding carboxylic acids is 1. The monoisotopic (exact) mass is 204 g/mol. The highest BCUT2D eigenvalue weighted by Gasteiger charge is 2.19. The maximum absolute atomic E-state index is 11.4. The molecule has 0 radical (unpaired) electrons. The van der Waals surface area contributed by atoms with Crippen molar-refractivity contribution in [3.8, 4) is 0 Å². The van der Waals surface area contributed by atoms with Crippen molar-refractivity contribution in [2.45, 2.75) is 19.9 Å². The molecule has 0 rings (SSSR count). The summed E-state index contributed by atoms with van der Waals surface area (Å²) >= 11 is 0. The molecule has 0 unspecified atom stereocenters. The van der Waals surface area contributed by atoms with Crippen LogP contribution < -0.4 is 10.6 Å². The highest BCUT2D eigenvalue weighted by Crippen LogP contribution is 2.00. The summed E-state index contributed by atoms with van der Waals surface area (Å²) < 4.78 is 0. The minimum absolute atomic E-state index is 0.00239. The summed E-state index contributed by atoms with van der Waals surface area (Å²) in [5, 5.41) is 5.70. The molecule has 0 aromatic rings. The Hall–Kier alpha value is -0.650. The van der Waals surface area contributed by atoms with Gasteiger partial charge in [0, 0.05) is 13.6 Å². The summed E-state index contributed by atoms with van der Waals surface area (Å²) in [4.78, 5) is 20.5. The zero-order valence-corrected chi connectivity index (χ0v) is 9.29. The minimum Gasteiger partial charge on any atom is -0.358 e. The van der Waals surface area contributed by atoms with E-state index in [-0.39, 0.29) is 17.9 Å². The molecule has 0 saturated heterocycles. The third kappa shape index (κ3) is 5.16. The van der Waals surface area contributed by atoms with Gasteiger partial charge in [-0.1, -0.05) is 13.8 Å². The number of amides is 1. The molecule has 0 fully saturated rings. The molecule has 0 saturated carbocycles. The summed E-state index contributed by atoms with van der Waals surface area (Å²) in [6.07, 6.45) is 0. The lowest BCUT2D eigenvalue weighted by Crippen LogP contribution is -2.47. The zero-order chi connectivity index (χ0) is 11.0. The highest BCUT2D eigenvalue weighted by molar-refractivity contribution is 5.81. The van der Waals surface area contributed by atoms with Gasteiger partial charge in [0.1, 0.15) is 0 Å². The first-order chi connectivity index (χ1) is 6.63. The summed E-state index contributed by atoms with van der Waals surface area (Å²) in [7, 11) is 3.09. The second-order valence-electron chi connectivity index (χ2n) is 3.28. The Morgan fingerprint density at radius 2 is 2.07 bits per heavy atom. The largest absolute Gasteiger partial charge is 0.358 e. The van der Waals surface area contributed by atoms with Crippen LogP contribution in [0.15, 0.2) is 0 Å². The predicted molar refractivity (Wildman–Crippen MR) is 53.7 cm³/mol. The van der Waals surface area contributed by atoms with Gasteiger partial charge in [-0.05, 0) is 5.92 Å². The molecule has 0 heterocycles. The number of carbonyl (C=O) groups is 1. The van der Waals surface area contributed by atoms with Crippen molar-refractivity contribution in [3.63, 3.8) is 0 Å². The maximum Gasteiger partial charge on any atom is 0.237 e. The van der Waals surface area contributed by atoms with Crippen LogP contribution in [0, 0.1) is 5.92 Å². The second kappa shape index (κ2) is 7.73. The maximum atomic E-state index is 11.4. The Morgan fingerprint density at radius 1 is 1.43 bits per heavy atom. The topological polar surface area (TPSA) is 59.6 Å². The molecule has 0 aliphatic heterocycles. The summed E-state index contributed by atoms with van der Waals surface area (Å²) in [5.74, 6) is 0.245. The quantitative estimate of drug-likeness (QED) is 0.346. The van der Waals surface area contributed by atoms with Gasteiger partial charge in [0.2, 0.25) is 5.91 Å². The molecule has 1 amide bonds. The van der Waals surface area contributed by atoms with Crippen LogP contribution in [0.5, 0.6) is 0 Å². The molecule has 0 spiro atoms. The van der Waals surface area contributed by atoms with Gasteiger partial charge in [0.05, 0.1) is 19.8 Å². The highest BCUT2D eigenvalue weighted by atomic mass is 17.2. The van der Waals surface area contributed by atoms with Crippen molar-refractivity contribution >= 4 is 5.91 Å². The lowest BCUT2D eigenvalue weighted by atomic mass is 10.0. The Balaban J connectivity index is 3.80. The van der Waals surface area contributed by atoms with Crippen LogP contribution in [0.25, 0.3) is 0 Å². The lowest BCUT2D eigenvalue weighted by Gasteiger charge is -2.20. The van der Waals surface area contributed by atoms with E-state index in [0.29, 0.717) is 13.2 Å². The number of likely N-dealkylation sites (N-methyl/N-ethyl adjacent to an activating group) is 1. The first kappa shape index (κ1) is 13.4. The van der Waals surface area contributed by atoms with Crippen molar-refractivity contribution in [2.24, 2.45) is 5.92 Å². The molecule has 0 aromatic carbocycles. The van der Waals surface area contributed by atoms with E-state index in [1.54, 1.807) is 7.05 Å². The number of hydrogen-bond donors (Lipinski definition) is 2. The molecule has 2 N–H and O–H groups in total. The molecule has 1 atom stereocenters. The van der Waals surface area contributed by atoms with E-state index < -0.39 is 0 Å². The molecule has 14 heavy (non-hydrogen) atoms. The Morgan fingerprint density at radius 3 is 2.50 bits per heavy atom. The molecular formula is C9H20N2O3. The summed E-state index contributed by atoms with van der Waals surface area (Å²) in [6, 6.07) is -0.180. The molecule has 5 nitrogen and oxygen atoms in total. The fourth-order valence-electron chi connectivity index (χ4n) is 1.13. The average Bonchev–Trinajstić information content (AvgIpc) is 2.16. The van der Waals surface area contributed by atoms with Crippen LogP contribution in [0.2, 0.25) is 0 Å². The molecule has 0 aromatic heterocycles. The van der Waals surface area contributed by atoms with Crippen LogP contribution in [0.4, 0.5) is 0 Å². The molecule has 0 bridgehead atoms. The fourth-order valence-corrected chi connectivity index (χ4v) is 1.13. The number of nitrogens with one attached hydrogen (secondary N) is 2. The van der Waals surface area contributed by atoms with Gasteiger partial charge in [-0.15, -0.1) is 0 Å². The van der Waals surface area contributed by atoms with E-state index in [9.17, 15) is 4.79 Å². The van der Waals surface area contributed by atoms with E-state index in [2.05, 4.69) is 20.4 Å². The molecular weight excluding hydrogens is 184 g/mol. The predicted octanol–water partition coefficient (Wildman–Crippen LogP) is -0.0754. The molecule has 0 aliphatic rings. The first-order valence-electron chi connectivity index (χ1n) is 4.74. The molecule has 84 valence electrons. The van der Waals surface area contributed by atoms with E-state index in [1.165, 1.54) is 7.11 Å². The van der Waals surface area contributed by atoms with Gasteiger partial charge >= 0.3 is 0 Å². The van der Waals surface area contributed by atoms with E-state index in [1.807, 2.05) is 13.8 Å². The van der Waals surface area contributed by atoms with Crippen LogP contribution in [0.3, 0.4) is 0 Å². The fraction of sp³-hybridized carbons (Fsp3) is 0.889. The Labute approximate surface area is 85.1 Å². The molecule has 5 heteroatoms. The average molecular weight is 204 g/mol. The lowest BCUT2D eigenvalue weighted by molar-refractivity contribution is -0.270. The van der Waals surface area contributed by atoms with E-state index in [4.69, 9.17) is 0 Å². The Kier molecular flexibility index (Phi) is 7.37. The van der Waals surface area contributed by atoms with Crippen LogP contribution in [-0.2, 0) is 14.6 Å². The third-order valence-corrected chi connectivity index (χ3v) is 1.86. The summed E-state index contributed by atoms with van der Waals surface area (Å²) in [5.41, 5.74) is 0. The van der Waals surface area contributed by atoms with Gasteiger partial charge in [-0.2, -0.15) is 0 Å². The minimum atomic E-state index is -0.180. The van der Waals surface area contributed by atoms with Gasteiger partial charge < -0.3 is 10.6 Å². The molecule has 0 aliphatic carbocycles.